The molecule has 0 amide bonds. The Kier molecular flexibility index (Phi) is 5.21. The molecule has 0 radical (unpaired) electrons. The smallest absolute Gasteiger partial charge is 0.182 e. The van der Waals surface area contributed by atoms with Crippen LogP contribution in [-0.2, 0) is 0 Å². The quantitative estimate of drug-likeness (QED) is 0.403. The van der Waals surface area contributed by atoms with Gasteiger partial charge in [-0.25, -0.2) is 4.99 Å². The number of aliphatic imine (C=N–C) groups is 2. The van der Waals surface area contributed by atoms with Gasteiger partial charge in [0.1, 0.15) is 0 Å². The Bertz CT molecular complexity index is 138. The molecule has 0 heterocycles. The summed E-state index contributed by atoms with van der Waals surface area (Å²) in [6.07, 6.45) is 5.18. The third-order valence-electron chi connectivity index (χ3n) is 0.664. The van der Waals surface area contributed by atoms with E-state index < -0.39 is 0 Å². The molecule has 0 aliphatic rings. The number of allylic oxidation sites excluding steroid dienone is 1. The molecule has 0 saturated heterocycles. The Morgan fingerprint density at radius 3 is 2.67 bits per heavy atom. The first-order valence-electron chi connectivity index (χ1n) is 2.51. The first kappa shape index (κ1) is 8.43. The molecule has 0 spiro atoms. The topological polar surface area (TPSA) is 24.7 Å². The Hall–Kier alpha value is -0.570. The Morgan fingerprint density at radius 1 is 1.67 bits per heavy atom. The highest BCUT2D eigenvalue weighted by Gasteiger charge is 1.84. The monoisotopic (exact) mass is 142 g/mol. The fraction of sp³-hybridized carbons (Fsp3) is 0.333. The molecule has 0 saturated carbocycles. The van der Waals surface area contributed by atoms with Gasteiger partial charge in [-0.15, -0.1) is 0 Å². The molecule has 9 heavy (non-hydrogen) atoms. The van der Waals surface area contributed by atoms with Gasteiger partial charge in [0.2, 0.25) is 0 Å². The maximum Gasteiger partial charge on any atom is 0.182 e. The van der Waals surface area contributed by atoms with Crippen LogP contribution in [0.25, 0.3) is 0 Å². The van der Waals surface area contributed by atoms with Gasteiger partial charge in [0, 0.05) is 13.3 Å². The molecule has 0 unspecified atom stereocenters. The number of rotatable bonds is 1. The van der Waals surface area contributed by atoms with E-state index in [1.807, 2.05) is 6.26 Å². The van der Waals surface area contributed by atoms with Crippen LogP contribution in [0.15, 0.2) is 22.6 Å². The van der Waals surface area contributed by atoms with Crippen molar-refractivity contribution >= 4 is 23.1 Å². The molecule has 0 bridgehead atoms. The molecule has 0 aromatic carbocycles. The molecular weight excluding hydrogens is 132 g/mol. The molecule has 0 rings (SSSR count). The summed E-state index contributed by atoms with van der Waals surface area (Å²) in [7, 11) is 1.71. The highest BCUT2D eigenvalue weighted by molar-refractivity contribution is 8.13. The summed E-state index contributed by atoms with van der Waals surface area (Å²) in [5.41, 5.74) is 0. The minimum absolute atomic E-state index is 0.773. The van der Waals surface area contributed by atoms with Crippen molar-refractivity contribution in [2.24, 2.45) is 9.98 Å². The Morgan fingerprint density at radius 2 is 2.33 bits per heavy atom. The van der Waals surface area contributed by atoms with Crippen molar-refractivity contribution in [3.05, 3.63) is 12.7 Å². The second-order valence-electron chi connectivity index (χ2n) is 1.22. The standard InChI is InChI=1S/C6H10N2S/c1-4-5-8-6(7-2)9-3/h4-5H,1H2,2-3H3/b7-6+,8-5-. The van der Waals surface area contributed by atoms with Crippen molar-refractivity contribution in [2.45, 2.75) is 0 Å². The summed E-state index contributed by atoms with van der Waals surface area (Å²) >= 11 is 1.51. The van der Waals surface area contributed by atoms with Crippen molar-refractivity contribution in [3.63, 3.8) is 0 Å². The van der Waals surface area contributed by atoms with Crippen LogP contribution in [0, 0.1) is 0 Å². The van der Waals surface area contributed by atoms with E-state index in [1.165, 1.54) is 11.8 Å². The largest absolute Gasteiger partial charge is 0.264 e. The fourth-order valence-electron chi connectivity index (χ4n) is 0.318. The minimum Gasteiger partial charge on any atom is -0.264 e. The number of nitrogens with zero attached hydrogens (tertiary/aromatic N) is 2. The summed E-state index contributed by atoms with van der Waals surface area (Å²) < 4.78 is 0. The molecular formula is C6H10N2S. The zero-order chi connectivity index (χ0) is 7.11. The van der Waals surface area contributed by atoms with E-state index in [-0.39, 0.29) is 0 Å². The van der Waals surface area contributed by atoms with E-state index in [2.05, 4.69) is 16.6 Å². The lowest BCUT2D eigenvalue weighted by molar-refractivity contribution is 1.44. The molecule has 0 atom stereocenters. The van der Waals surface area contributed by atoms with Crippen molar-refractivity contribution in [1.82, 2.24) is 0 Å². The highest BCUT2D eigenvalue weighted by atomic mass is 32.2. The fourth-order valence-corrected chi connectivity index (χ4v) is 0.667. The zero-order valence-corrected chi connectivity index (χ0v) is 6.48. The van der Waals surface area contributed by atoms with Crippen LogP contribution in [0.3, 0.4) is 0 Å². The van der Waals surface area contributed by atoms with Gasteiger partial charge < -0.3 is 0 Å². The SMILES string of the molecule is C=C/C=N\C(=N/C)SC. The maximum atomic E-state index is 3.95. The average Bonchev–Trinajstić information content (AvgIpc) is 1.91. The first-order valence-corrected chi connectivity index (χ1v) is 3.73. The molecule has 0 fully saturated rings. The van der Waals surface area contributed by atoms with Crippen LogP contribution in [-0.4, -0.2) is 24.7 Å². The number of hydrogen-bond acceptors (Lipinski definition) is 2. The number of amidine groups is 1. The molecule has 2 nitrogen and oxygen atoms in total. The molecule has 0 N–H and O–H groups in total. The van der Waals surface area contributed by atoms with Crippen LogP contribution >= 0.6 is 11.8 Å². The van der Waals surface area contributed by atoms with Gasteiger partial charge in [-0.2, -0.15) is 0 Å². The van der Waals surface area contributed by atoms with Crippen molar-refractivity contribution in [3.8, 4) is 0 Å². The van der Waals surface area contributed by atoms with Crippen LogP contribution in [0.2, 0.25) is 0 Å². The summed E-state index contributed by atoms with van der Waals surface area (Å²) in [4.78, 5) is 7.83. The molecule has 50 valence electrons. The van der Waals surface area contributed by atoms with Crippen LogP contribution in [0.1, 0.15) is 0 Å². The normalized spacial score (nSPS) is 12.4. The summed E-state index contributed by atoms with van der Waals surface area (Å²) in [6, 6.07) is 0. The second-order valence-corrected chi connectivity index (χ2v) is 2.00. The van der Waals surface area contributed by atoms with Gasteiger partial charge in [-0.05, 0) is 6.26 Å². The maximum absolute atomic E-state index is 3.95. The van der Waals surface area contributed by atoms with Gasteiger partial charge in [0.25, 0.3) is 0 Å². The lowest BCUT2D eigenvalue weighted by atomic mass is 10.7. The summed E-state index contributed by atoms with van der Waals surface area (Å²) in [5, 5.41) is 0.773. The van der Waals surface area contributed by atoms with Gasteiger partial charge >= 0.3 is 0 Å². The Balaban J connectivity index is 3.84. The first-order chi connectivity index (χ1) is 4.35. The number of thioether (sulfide) groups is 1. The average molecular weight is 142 g/mol. The zero-order valence-electron chi connectivity index (χ0n) is 5.66. The molecule has 0 aliphatic heterocycles. The van der Waals surface area contributed by atoms with E-state index >= 15 is 0 Å². The van der Waals surface area contributed by atoms with Crippen LogP contribution in [0.4, 0.5) is 0 Å². The lowest BCUT2D eigenvalue weighted by Gasteiger charge is -1.88. The summed E-state index contributed by atoms with van der Waals surface area (Å²) in [5.74, 6) is 0. The second kappa shape index (κ2) is 5.56. The van der Waals surface area contributed by atoms with Crippen LogP contribution in [0.5, 0.6) is 0 Å². The highest BCUT2D eigenvalue weighted by Crippen LogP contribution is 1.96. The van der Waals surface area contributed by atoms with Crippen LogP contribution < -0.4 is 0 Å². The van der Waals surface area contributed by atoms with E-state index in [1.54, 1.807) is 19.3 Å². The molecule has 0 aromatic heterocycles. The van der Waals surface area contributed by atoms with E-state index in [0.717, 1.165) is 5.17 Å². The molecule has 0 aliphatic carbocycles. The lowest BCUT2D eigenvalue weighted by Crippen LogP contribution is -1.83. The summed E-state index contributed by atoms with van der Waals surface area (Å²) in [6.45, 7) is 3.49. The third-order valence-corrected chi connectivity index (χ3v) is 1.32. The number of hydrogen-bond donors (Lipinski definition) is 0. The minimum atomic E-state index is 0.773. The van der Waals surface area contributed by atoms with E-state index in [9.17, 15) is 0 Å². The molecule has 0 aromatic rings. The van der Waals surface area contributed by atoms with Gasteiger partial charge in [0.05, 0.1) is 0 Å². The van der Waals surface area contributed by atoms with Gasteiger partial charge in [0.15, 0.2) is 5.17 Å². The third kappa shape index (κ3) is 3.97. The van der Waals surface area contributed by atoms with E-state index in [4.69, 9.17) is 0 Å². The molecule has 3 heteroatoms. The van der Waals surface area contributed by atoms with Crippen molar-refractivity contribution in [2.75, 3.05) is 13.3 Å². The van der Waals surface area contributed by atoms with E-state index in [0.29, 0.717) is 0 Å². The predicted octanol–water partition coefficient (Wildman–Crippen LogP) is 1.59. The Labute approximate surface area is 59.8 Å². The van der Waals surface area contributed by atoms with Crippen molar-refractivity contribution < 1.29 is 0 Å². The van der Waals surface area contributed by atoms with Gasteiger partial charge in [-0.1, -0.05) is 24.4 Å². The van der Waals surface area contributed by atoms with Crippen molar-refractivity contribution in [1.29, 1.82) is 0 Å². The predicted molar refractivity (Wildman–Crippen MR) is 45.6 cm³/mol. The van der Waals surface area contributed by atoms with Gasteiger partial charge in [-0.3, -0.25) is 4.99 Å².